The van der Waals surface area contributed by atoms with Gasteiger partial charge in [0.25, 0.3) is 11.8 Å². The van der Waals surface area contributed by atoms with Gasteiger partial charge in [0, 0.05) is 118 Å². The number of amides is 6. The highest BCUT2D eigenvalue weighted by Gasteiger charge is 2.30. The number of likely N-dealkylation sites (N-methyl/N-ethyl adjacent to an activating group) is 2. The van der Waals surface area contributed by atoms with Crippen molar-refractivity contribution in [2.75, 3.05) is 157 Å². The van der Waals surface area contributed by atoms with Crippen molar-refractivity contribution < 1.29 is 96.6 Å². The molecule has 2 aliphatic heterocycles. The first-order valence-corrected chi connectivity index (χ1v) is 37.7. The number of hydrogen-bond acceptors (Lipinski definition) is 24. The number of carboxylic acids is 3. The minimum atomic E-state index is -1.24. The van der Waals surface area contributed by atoms with Crippen molar-refractivity contribution in [1.82, 2.24) is 61.4 Å². The number of thiocarbonyl (C=S) groups is 1. The number of benzene rings is 3. The number of nitrogens with zero attached hydrogens (tertiary/aromatic N) is 7. The van der Waals surface area contributed by atoms with Crippen molar-refractivity contribution >= 4 is 122 Å². The van der Waals surface area contributed by atoms with Gasteiger partial charge in [0.1, 0.15) is 23.9 Å². The number of unbranched alkanes of at least 4 members (excludes halogenated alkanes) is 2. The molecule has 4 aromatic rings. The zero-order valence-corrected chi connectivity index (χ0v) is 65.0. The van der Waals surface area contributed by atoms with E-state index in [2.05, 4.69) is 80.7 Å². The summed E-state index contributed by atoms with van der Waals surface area (Å²) < 4.78 is 23.6. The van der Waals surface area contributed by atoms with Crippen molar-refractivity contribution in [3.05, 3.63) is 99.3 Å². The van der Waals surface area contributed by atoms with Crippen molar-refractivity contribution in [3.63, 3.8) is 0 Å². The van der Waals surface area contributed by atoms with E-state index in [0.717, 1.165) is 46.3 Å². The summed E-state index contributed by atoms with van der Waals surface area (Å²) in [5.74, 6) is -5.17. The summed E-state index contributed by atoms with van der Waals surface area (Å²) in [6, 6.07) is 21.6. The number of nitriles is 1. The molecule has 10 N–H and O–H groups in total. The number of aromatic nitrogens is 1. The molecule has 2 saturated heterocycles. The lowest BCUT2D eigenvalue weighted by Crippen LogP contribution is -2.51. The topological polar surface area (TPSA) is 457 Å². The molecular weight excluding hydrogens is 1560 g/mol. The van der Waals surface area contributed by atoms with E-state index < -0.39 is 59.7 Å². The summed E-state index contributed by atoms with van der Waals surface area (Å²) in [6.45, 7) is 5.63. The molecule has 0 bridgehead atoms. The average Bonchev–Trinajstić information content (AvgIpc) is 0.907. The van der Waals surface area contributed by atoms with Gasteiger partial charge in [-0.1, -0.05) is 24.3 Å². The van der Waals surface area contributed by atoms with Crippen LogP contribution in [0.15, 0.2) is 79.0 Å². The number of carbonyl (C=O) groups is 9. The Balaban J connectivity index is 0.00000411. The molecule has 1 aromatic heterocycles. The largest absolute Gasteiger partial charge is 0.484 e. The highest BCUT2D eigenvalue weighted by atomic mass is 127. The van der Waals surface area contributed by atoms with Crippen LogP contribution < -0.4 is 42.0 Å². The smallest absolute Gasteiger partial charge is 0.373 e. The second-order valence-electron chi connectivity index (χ2n) is 25.8. The third-order valence-electron chi connectivity index (χ3n) is 17.6. The molecule has 3 aromatic carbocycles. The molecule has 0 saturated carbocycles. The van der Waals surface area contributed by atoms with E-state index in [0.29, 0.717) is 131 Å². The molecule has 1 unspecified atom stereocenters. The third-order valence-corrected chi connectivity index (χ3v) is 18.6. The lowest BCUT2D eigenvalue weighted by Gasteiger charge is -2.36. The van der Waals surface area contributed by atoms with Crippen LogP contribution in [0.2, 0.25) is 0 Å². The SMILES string of the molecule is CN1CCN(CC(=O)O)CCN(CC(=O)O)CC(Cc2ccc(NC(=S)NCCCC[C@H](NC(=O)CCOCCOCCOCCNC(=O)COc3ccc4c(C(=O)NCC(=O)N5CCC[C@@H]5C#N)ccnc4c3)C(=O)N[C@@H](CCCCNC(=O)CCCc3ccc(I)cc3)C(=O)O)cc2)N(C)CC1.O=C=O.O=C=O. The molecule has 0 aliphatic carbocycles. The van der Waals surface area contributed by atoms with Crippen LogP contribution in [0.25, 0.3) is 10.9 Å². The molecule has 600 valence electrons. The van der Waals surface area contributed by atoms with Gasteiger partial charge in [-0.05, 0) is 173 Å². The number of hydrogen-bond donors (Lipinski definition) is 10. The molecule has 2 aliphatic rings. The fourth-order valence-electron chi connectivity index (χ4n) is 11.7. The Morgan fingerprint density at radius 1 is 0.645 bits per heavy atom. The summed E-state index contributed by atoms with van der Waals surface area (Å²) in [5.41, 5.74) is 3.67. The number of carboxylic acid groups (broad SMARTS) is 3. The van der Waals surface area contributed by atoms with Crippen LogP contribution >= 0.6 is 34.8 Å². The van der Waals surface area contributed by atoms with Gasteiger partial charge < -0.3 is 86.2 Å². The molecule has 36 heteroatoms. The minimum Gasteiger partial charge on any atom is -0.484 e. The molecule has 6 amide bonds. The number of fused-ring (bicyclic) bond motifs is 1. The van der Waals surface area contributed by atoms with E-state index in [-0.39, 0.29) is 122 Å². The maximum absolute atomic E-state index is 13.8. The monoisotopic (exact) mass is 1660 g/mol. The Kier molecular flexibility index (Phi) is 45.7. The van der Waals surface area contributed by atoms with Crippen molar-refractivity contribution in [2.24, 2.45) is 0 Å². The molecular formula is C74H101IN14O20S. The third kappa shape index (κ3) is 38.7. The fourth-order valence-corrected chi connectivity index (χ4v) is 12.3. The second-order valence-corrected chi connectivity index (χ2v) is 27.5. The Bertz CT molecular complexity index is 3670. The lowest BCUT2D eigenvalue weighted by atomic mass is 10.0. The number of aliphatic carboxylic acids is 3. The number of likely N-dealkylation sites (tertiary alicyclic amines) is 1. The van der Waals surface area contributed by atoms with Crippen molar-refractivity contribution in [1.29, 1.82) is 5.26 Å². The Morgan fingerprint density at radius 3 is 1.93 bits per heavy atom. The van der Waals surface area contributed by atoms with Gasteiger partial charge >= 0.3 is 30.2 Å². The van der Waals surface area contributed by atoms with E-state index in [9.17, 15) is 63.7 Å². The van der Waals surface area contributed by atoms with Gasteiger partial charge in [0.05, 0.1) is 76.4 Å². The van der Waals surface area contributed by atoms with Gasteiger partial charge in [-0.2, -0.15) is 24.4 Å². The fraction of sp³-hybridized carbons (Fsp3) is 0.541. The first-order valence-electron chi connectivity index (χ1n) is 36.2. The van der Waals surface area contributed by atoms with E-state index in [4.69, 9.17) is 50.3 Å². The number of pyridine rings is 1. The summed E-state index contributed by atoms with van der Waals surface area (Å²) in [5, 5.41) is 59.7. The zero-order chi connectivity index (χ0) is 80.4. The molecule has 3 heterocycles. The number of nitrogens with one attached hydrogen (secondary N) is 7. The molecule has 2 fully saturated rings. The molecule has 110 heavy (non-hydrogen) atoms. The summed E-state index contributed by atoms with van der Waals surface area (Å²) in [4.78, 5) is 160. The van der Waals surface area contributed by atoms with E-state index in [1.165, 1.54) is 17.2 Å². The maximum Gasteiger partial charge on any atom is 0.373 e. The zero-order valence-electron chi connectivity index (χ0n) is 62.1. The van der Waals surface area contributed by atoms with Gasteiger partial charge in [-0.3, -0.25) is 53.1 Å². The van der Waals surface area contributed by atoms with Crippen molar-refractivity contribution in [2.45, 2.75) is 108 Å². The number of carbonyl (C=O) groups excluding carboxylic acids is 10. The van der Waals surface area contributed by atoms with Crippen LogP contribution in [0.5, 0.6) is 5.75 Å². The predicted octanol–water partition coefficient (Wildman–Crippen LogP) is 1.93. The highest BCUT2D eigenvalue weighted by molar-refractivity contribution is 14.1. The minimum absolute atomic E-state index is 0.00947. The van der Waals surface area contributed by atoms with Gasteiger partial charge in [0.15, 0.2) is 11.7 Å². The average molecular weight is 1670 g/mol. The second kappa shape index (κ2) is 54.2. The summed E-state index contributed by atoms with van der Waals surface area (Å²) >= 11 is 7.87. The molecule has 0 radical (unpaired) electrons. The first kappa shape index (κ1) is 92.9. The predicted molar refractivity (Wildman–Crippen MR) is 411 cm³/mol. The standard InChI is InChI=1S/C72H101IN14O16S.2CO2/c1-83-31-33-84(2)56(47-86(49-68(94)95)36-35-85(34-32-83)48-67(92)93)43-52-16-20-54(21-17-52)80-72(104)78-27-6-3-11-60(70(97)82-61(71(98)99)12-4-5-26-76-63(88)13-7-9-51-14-18-53(73)19-15-51)81-64(89)25-37-100-39-41-102-42-40-101-38-29-77-65(90)50-103-57-22-23-58-59(24-28-75-62(58)44-57)69(96)79-46-66(91)87-30-8-10-55(87)45-74;2*2-1-3/h14-24,28,44,55-56,60-61H,3-13,25-27,29-43,46-50H2,1-2H3,(H,76,88)(H,77,90)(H,79,96)(H,81,89)(H,82,97)(H,92,93)(H,94,95)(H,98,99)(H2,78,80,104);;/t55-,56?,60+,61+;;/m1../s1. The van der Waals surface area contributed by atoms with Crippen LogP contribution in [0.4, 0.5) is 5.69 Å². The lowest BCUT2D eigenvalue weighted by molar-refractivity contribution is -0.193. The molecule has 6 rings (SSSR count). The maximum atomic E-state index is 13.8. The number of anilines is 1. The Labute approximate surface area is 657 Å². The Hall–Kier alpha value is -9.51. The highest BCUT2D eigenvalue weighted by Crippen LogP contribution is 2.24. The molecule has 0 spiro atoms. The number of ether oxygens (including phenoxy) is 4. The molecule has 4 atom stereocenters. The quantitative estimate of drug-likeness (QED) is 0.0172. The normalized spacial score (nSPS) is 15.4. The summed E-state index contributed by atoms with van der Waals surface area (Å²) in [7, 11) is 4.05. The van der Waals surface area contributed by atoms with E-state index >= 15 is 0 Å². The van der Waals surface area contributed by atoms with Crippen LogP contribution in [-0.2, 0) is 84.6 Å². The first-order chi connectivity index (χ1) is 52.9. The number of halogens is 1. The van der Waals surface area contributed by atoms with Gasteiger partial charge in [-0.25, -0.2) is 4.79 Å². The van der Waals surface area contributed by atoms with Crippen molar-refractivity contribution in [3.8, 4) is 11.8 Å². The van der Waals surface area contributed by atoms with E-state index in [1.54, 1.807) is 18.2 Å². The van der Waals surface area contributed by atoms with E-state index in [1.807, 2.05) is 72.4 Å². The number of aryl methyl sites for hydroxylation is 1. The van der Waals surface area contributed by atoms with Crippen LogP contribution in [-0.4, -0.2) is 292 Å². The summed E-state index contributed by atoms with van der Waals surface area (Å²) in [6.07, 6.45) is 7.81. The number of rotatable bonds is 43. The van der Waals surface area contributed by atoms with Crippen LogP contribution in [0.3, 0.4) is 0 Å². The van der Waals surface area contributed by atoms with Crippen LogP contribution in [0, 0.1) is 14.9 Å². The Morgan fingerprint density at radius 2 is 1.25 bits per heavy atom. The van der Waals surface area contributed by atoms with Gasteiger partial charge in [-0.15, -0.1) is 0 Å². The van der Waals surface area contributed by atoms with Gasteiger partial charge in [0.2, 0.25) is 23.6 Å². The molecule has 34 nitrogen and oxygen atoms in total. The van der Waals surface area contributed by atoms with Crippen LogP contribution in [0.1, 0.15) is 92.1 Å².